The third-order valence-electron chi connectivity index (χ3n) is 24.0. The molecule has 0 aromatic rings. The van der Waals surface area contributed by atoms with Crippen molar-refractivity contribution in [2.75, 3.05) is 66.1 Å². The van der Waals surface area contributed by atoms with Gasteiger partial charge in [0.05, 0.1) is 66.1 Å². The summed E-state index contributed by atoms with van der Waals surface area (Å²) in [5.74, 6) is -3.99. The standard InChI is InChI=1S/6C18H34O2.5C3H8O3/c6*1-2-3-4-5-6-7-8-9-10-11-12-13-14-15-16-17-18(19)20;5*4-1-3(6)2-5/h6*9-10H,2-8,11-17H2,1H3,(H,19,20);5*3-6H,1-2H2/b6*10-9-;;;;;. The Morgan fingerprint density at radius 3 is 0.273 bits per heavy atom. The molecule has 0 unspecified atom stereocenters. The average molecular weight is 2160 g/mol. The summed E-state index contributed by atoms with van der Waals surface area (Å²) >= 11 is 0. The largest absolute Gasteiger partial charge is 0.481 e. The fourth-order valence-corrected chi connectivity index (χ4v) is 14.4. The second-order valence-electron chi connectivity index (χ2n) is 39.5. The molecule has 0 saturated carbocycles. The van der Waals surface area contributed by atoms with Gasteiger partial charge < -0.3 is 107 Å². The van der Waals surface area contributed by atoms with Gasteiger partial charge in [0.25, 0.3) is 0 Å². The summed E-state index contributed by atoms with van der Waals surface area (Å²) in [5.41, 5.74) is 0. The molecule has 0 radical (unpaired) electrons. The molecule has 0 aliphatic carbocycles. The van der Waals surface area contributed by atoms with Gasteiger partial charge >= 0.3 is 35.8 Å². The highest BCUT2D eigenvalue weighted by atomic mass is 16.4. The number of carbonyl (C=O) groups is 6. The van der Waals surface area contributed by atoms with Crippen LogP contribution in [0.2, 0.25) is 0 Å². The van der Waals surface area contributed by atoms with Crippen LogP contribution in [0.3, 0.4) is 0 Å². The number of unbranched alkanes of at least 4 members (excludes halogenated alkanes) is 66. The van der Waals surface area contributed by atoms with Gasteiger partial charge in [0, 0.05) is 38.5 Å². The lowest BCUT2D eigenvalue weighted by Gasteiger charge is -1.99. The molecule has 27 nitrogen and oxygen atoms in total. The van der Waals surface area contributed by atoms with Crippen LogP contribution in [-0.2, 0) is 28.8 Å². The molecule has 0 aromatic carbocycles. The first-order valence-electron chi connectivity index (χ1n) is 60.4. The van der Waals surface area contributed by atoms with Crippen LogP contribution in [0, 0.1) is 0 Å². The van der Waals surface area contributed by atoms with Crippen molar-refractivity contribution in [3.8, 4) is 0 Å². The third-order valence-corrected chi connectivity index (χ3v) is 24.0. The predicted molar refractivity (Wildman–Crippen MR) is 623 cm³/mol. The molecule has 27 heteroatoms. The first-order chi connectivity index (χ1) is 72.7. The van der Waals surface area contributed by atoms with Gasteiger partial charge in [-0.1, -0.05) is 423 Å². The Balaban J connectivity index is -0.000000162. The van der Waals surface area contributed by atoms with Crippen molar-refractivity contribution >= 4 is 35.8 Å². The number of carboxylic acid groups (broad SMARTS) is 6. The van der Waals surface area contributed by atoms with Gasteiger partial charge in [-0.05, 0) is 193 Å². The summed E-state index contributed by atoms with van der Waals surface area (Å²) in [6, 6.07) is 0. The van der Waals surface area contributed by atoms with Crippen molar-refractivity contribution in [3.63, 3.8) is 0 Å². The smallest absolute Gasteiger partial charge is 0.303 e. The number of hydrogen-bond acceptors (Lipinski definition) is 21. The normalized spacial score (nSPS) is 11.0. The predicted octanol–water partition coefficient (Wildman–Crippen LogP) is 28.3. The van der Waals surface area contributed by atoms with Crippen LogP contribution in [-0.4, -0.2) is 240 Å². The fraction of sp³-hybridized carbons (Fsp3) is 0.854. The molecule has 0 bridgehead atoms. The molecule has 0 rings (SSSR count). The zero-order valence-electron chi connectivity index (χ0n) is 97.1. The van der Waals surface area contributed by atoms with Gasteiger partial charge in [0.15, 0.2) is 0 Å². The molecule has 0 atom stereocenters. The topological polar surface area (TPSA) is 527 Å². The fourth-order valence-electron chi connectivity index (χ4n) is 14.4. The van der Waals surface area contributed by atoms with E-state index in [1.54, 1.807) is 0 Å². The van der Waals surface area contributed by atoms with E-state index in [1.165, 1.54) is 424 Å². The van der Waals surface area contributed by atoms with Gasteiger partial charge in [-0.15, -0.1) is 0 Å². The van der Waals surface area contributed by atoms with Crippen molar-refractivity contribution in [3.05, 3.63) is 72.9 Å². The maximum absolute atomic E-state index is 10.3. The molecule has 0 aliphatic rings. The van der Waals surface area contributed by atoms with E-state index < -0.39 is 66.3 Å². The number of hydrogen-bond donors (Lipinski definition) is 21. The lowest BCUT2D eigenvalue weighted by molar-refractivity contribution is -0.138. The summed E-state index contributed by atoms with van der Waals surface area (Å²) in [7, 11) is 0. The van der Waals surface area contributed by atoms with E-state index in [0.717, 1.165) is 77.0 Å². The van der Waals surface area contributed by atoms with E-state index in [4.69, 9.17) is 107 Å². The minimum atomic E-state index is -0.954. The molecule has 0 spiro atoms. The lowest BCUT2D eigenvalue weighted by Crippen LogP contribution is -2.15. The molecule has 21 N–H and O–H groups in total. The molecule has 0 amide bonds. The Hall–Kier alpha value is -5.34. The van der Waals surface area contributed by atoms with Crippen molar-refractivity contribution < 1.29 is 136 Å². The summed E-state index contributed by atoms with van der Waals surface area (Å²) in [6.45, 7) is 9.91. The summed E-state index contributed by atoms with van der Waals surface area (Å²) in [4.78, 5) is 61.9. The van der Waals surface area contributed by atoms with Crippen LogP contribution >= 0.6 is 0 Å². The monoisotopic (exact) mass is 2150 g/mol. The molecule has 0 fully saturated rings. The van der Waals surface area contributed by atoms with E-state index in [0.29, 0.717) is 38.5 Å². The van der Waals surface area contributed by atoms with Crippen molar-refractivity contribution in [2.45, 2.75) is 611 Å². The van der Waals surface area contributed by atoms with Crippen LogP contribution in [0.4, 0.5) is 0 Å². The van der Waals surface area contributed by atoms with Gasteiger partial charge in [-0.25, -0.2) is 0 Å². The quantitative estimate of drug-likeness (QED) is 0.0199. The molecular formula is C123H244O27. The number of allylic oxidation sites excluding steroid dienone is 12. The Morgan fingerprint density at radius 2 is 0.207 bits per heavy atom. The summed E-state index contributed by atoms with van der Waals surface area (Å²) in [6.07, 6.45) is 123. The van der Waals surface area contributed by atoms with Crippen LogP contribution in [0.1, 0.15) is 581 Å². The Kier molecular flexibility index (Phi) is 182. The first kappa shape index (κ1) is 167. The van der Waals surface area contributed by atoms with Crippen LogP contribution in [0.5, 0.6) is 0 Å². The Labute approximate surface area is 917 Å². The van der Waals surface area contributed by atoms with E-state index in [9.17, 15) is 28.8 Å². The third kappa shape index (κ3) is 210. The Bertz CT molecular complexity index is 2200. The molecule has 150 heavy (non-hydrogen) atoms. The highest BCUT2D eigenvalue weighted by molar-refractivity contribution is 5.68. The average Bonchev–Trinajstić information content (AvgIpc) is 1.10. The highest BCUT2D eigenvalue weighted by Crippen LogP contribution is 2.19. The summed E-state index contributed by atoms with van der Waals surface area (Å²) < 4.78 is 0. The zero-order valence-corrected chi connectivity index (χ0v) is 97.1. The highest BCUT2D eigenvalue weighted by Gasteiger charge is 2.06. The van der Waals surface area contributed by atoms with E-state index in [-0.39, 0.29) is 66.1 Å². The molecule has 0 heterocycles. The number of rotatable bonds is 100. The maximum Gasteiger partial charge on any atom is 0.303 e. The number of aliphatic carboxylic acids is 6. The number of aliphatic hydroxyl groups excluding tert-OH is 15. The first-order valence-corrected chi connectivity index (χ1v) is 60.4. The summed E-state index contributed by atoms with van der Waals surface area (Å²) in [5, 5.41) is 171. The molecule has 0 saturated heterocycles. The molecule has 0 aromatic heterocycles. The van der Waals surface area contributed by atoms with Crippen LogP contribution in [0.15, 0.2) is 72.9 Å². The molecular weight excluding hydrogens is 1910 g/mol. The second kappa shape index (κ2) is 164. The lowest BCUT2D eigenvalue weighted by atomic mass is 10.1. The minimum Gasteiger partial charge on any atom is -0.481 e. The van der Waals surface area contributed by atoms with Crippen molar-refractivity contribution in [2.24, 2.45) is 0 Å². The second-order valence-corrected chi connectivity index (χ2v) is 39.5. The number of aliphatic hydroxyl groups is 15. The van der Waals surface area contributed by atoms with Gasteiger partial charge in [0.1, 0.15) is 30.5 Å². The Morgan fingerprint density at radius 1 is 0.133 bits per heavy atom. The molecule has 0 aliphatic heterocycles. The van der Waals surface area contributed by atoms with Gasteiger partial charge in [-0.2, -0.15) is 0 Å². The van der Waals surface area contributed by atoms with Crippen molar-refractivity contribution in [1.29, 1.82) is 0 Å². The van der Waals surface area contributed by atoms with Crippen LogP contribution < -0.4 is 0 Å². The zero-order chi connectivity index (χ0) is 114. The van der Waals surface area contributed by atoms with Gasteiger partial charge in [0.2, 0.25) is 0 Å². The molecule has 898 valence electrons. The van der Waals surface area contributed by atoms with Crippen LogP contribution in [0.25, 0.3) is 0 Å². The SMILES string of the molecule is CCCCCCCC/C=C\CCCCCCCC(=O)O.CCCCCCCC/C=C\CCCCCCCC(=O)O.CCCCCCCC/C=C\CCCCCCCC(=O)O.CCCCCCCC/C=C\CCCCCCCC(=O)O.CCCCCCCC/C=C\CCCCCCCC(=O)O.CCCCCCCC/C=C\CCCCCCCC(=O)O.OCC(O)CO.OCC(O)CO.OCC(O)CO.OCC(O)CO.OCC(O)CO. The minimum absolute atomic E-state index is 0.332. The maximum atomic E-state index is 10.3. The van der Waals surface area contributed by atoms with Gasteiger partial charge in [-0.3, -0.25) is 28.8 Å². The number of carboxylic acids is 6. The van der Waals surface area contributed by atoms with E-state index in [2.05, 4.69) is 114 Å². The van der Waals surface area contributed by atoms with Crippen molar-refractivity contribution in [1.82, 2.24) is 0 Å². The van der Waals surface area contributed by atoms with E-state index in [1.807, 2.05) is 0 Å². The van der Waals surface area contributed by atoms with E-state index >= 15 is 0 Å².